The molecule has 4 atom stereocenters. The first-order chi connectivity index (χ1) is 20.9. The number of nitrogens with one attached hydrogen (secondary N) is 3. The monoisotopic (exact) mass is 671 g/mol. The number of thioether (sulfide) groups is 1. The molecule has 0 radical (unpaired) electrons. The van der Waals surface area contributed by atoms with E-state index in [9.17, 15) is 33.7 Å². The minimum atomic E-state index is -3.61. The molecule has 0 aromatic rings. The third-order valence-corrected chi connectivity index (χ3v) is 9.59. The summed E-state index contributed by atoms with van der Waals surface area (Å²) in [6.45, 7) is 15.2. The van der Waals surface area contributed by atoms with Gasteiger partial charge in [-0.2, -0.15) is 11.8 Å². The number of rotatable bonds is 22. The fourth-order valence-electron chi connectivity index (χ4n) is 4.32. The maximum Gasteiger partial charge on any atom is 0.326 e. The van der Waals surface area contributed by atoms with Crippen molar-refractivity contribution in [1.82, 2.24) is 16.0 Å². The van der Waals surface area contributed by atoms with Crippen LogP contribution in [0.5, 0.6) is 0 Å². The molecule has 0 aliphatic carbocycles. The molecule has 0 spiro atoms. The topological polar surface area (TPSA) is 162 Å². The van der Waals surface area contributed by atoms with Crippen molar-refractivity contribution < 1.29 is 33.7 Å². The summed E-state index contributed by atoms with van der Waals surface area (Å²) >= 11 is 1.46. The molecule has 0 rings (SSSR count). The largest absolute Gasteiger partial charge is 0.480 e. The molecule has 0 aliphatic rings. The minimum Gasteiger partial charge on any atom is -0.480 e. The summed E-state index contributed by atoms with van der Waals surface area (Å²) in [5, 5.41) is 17.3. The number of allylic oxidation sites excluding steroid dienone is 6. The highest BCUT2D eigenvalue weighted by Crippen LogP contribution is 2.41. The number of carbonyl (C=O) groups is 4. The van der Waals surface area contributed by atoms with Gasteiger partial charge in [0.1, 0.15) is 18.1 Å². The first-order valence-corrected chi connectivity index (χ1v) is 19.2. The Hall–Kier alpha value is -2.36. The van der Waals surface area contributed by atoms with Crippen molar-refractivity contribution in [2.75, 3.05) is 24.3 Å². The summed E-state index contributed by atoms with van der Waals surface area (Å²) in [4.78, 5) is 60.9. The van der Waals surface area contributed by atoms with Gasteiger partial charge in [-0.3, -0.25) is 18.9 Å². The summed E-state index contributed by atoms with van der Waals surface area (Å²) in [6, 6.07) is -3.08. The summed E-state index contributed by atoms with van der Waals surface area (Å²) in [5.41, 5.74) is 3.65. The highest BCUT2D eigenvalue weighted by molar-refractivity contribution is 7.98. The second-order valence-electron chi connectivity index (χ2n) is 12.7. The number of carboxylic acids is 1. The highest BCUT2D eigenvalue weighted by atomic mass is 32.2. The van der Waals surface area contributed by atoms with Crippen LogP contribution in [0, 0.1) is 11.8 Å². The third-order valence-electron chi connectivity index (χ3n) is 7.27. The Labute approximate surface area is 275 Å². The molecular formula is C33H58N3O7PS. The molecule has 258 valence electrons. The minimum absolute atomic E-state index is 0.0249. The quantitative estimate of drug-likeness (QED) is 0.0727. The molecule has 12 heteroatoms. The Balaban J connectivity index is 5.09. The number of carbonyl (C=O) groups excluding carboxylic acids is 3. The fraction of sp³-hybridized carbons (Fsp3) is 0.697. The van der Waals surface area contributed by atoms with Gasteiger partial charge in [-0.05, 0) is 83.6 Å². The summed E-state index contributed by atoms with van der Waals surface area (Å²) in [7, 11) is -3.61. The molecule has 1 unspecified atom stereocenters. The van der Waals surface area contributed by atoms with Crippen LogP contribution >= 0.6 is 19.1 Å². The van der Waals surface area contributed by atoms with E-state index in [-0.39, 0.29) is 37.0 Å². The molecule has 10 nitrogen and oxygen atoms in total. The zero-order valence-electron chi connectivity index (χ0n) is 28.8. The zero-order chi connectivity index (χ0) is 34.7. The average Bonchev–Trinajstić information content (AvgIpc) is 2.93. The van der Waals surface area contributed by atoms with Gasteiger partial charge in [0.25, 0.3) is 0 Å². The molecule has 0 heterocycles. The van der Waals surface area contributed by atoms with E-state index in [1.807, 2.05) is 13.2 Å². The Morgan fingerprint density at radius 1 is 0.778 bits per heavy atom. The van der Waals surface area contributed by atoms with E-state index in [1.54, 1.807) is 33.8 Å². The van der Waals surface area contributed by atoms with Gasteiger partial charge >= 0.3 is 5.97 Å². The molecule has 0 saturated carbocycles. The van der Waals surface area contributed by atoms with Crippen LogP contribution in [0.15, 0.2) is 34.9 Å². The predicted octanol–water partition coefficient (Wildman–Crippen LogP) is 5.67. The number of amides is 3. The van der Waals surface area contributed by atoms with Crippen molar-refractivity contribution in [1.29, 1.82) is 0 Å². The molecule has 3 amide bonds. The highest BCUT2D eigenvalue weighted by Gasteiger charge is 2.32. The second-order valence-corrected chi connectivity index (χ2v) is 16.2. The van der Waals surface area contributed by atoms with Crippen LogP contribution in [-0.2, 0) is 23.7 Å². The first kappa shape index (κ1) is 42.6. The standard InChI is InChI=1S/C33H58N3O7PS/c1-22(2)12-10-13-25(7)14-11-15-26(8)16-19-44(42,43)20-17-28(37)35-29(23(3)4)32(39)36-30(24(5)6)31(38)34-27(33(40)41)18-21-45-9/h12,14,16,23-24,27,29-30H,10-11,13,15,17-21H2,1-9H3,(H,34,38)(H,35,37)(H,36,39)(H,40,41)(H,42,43)/b25-14+,26-16+/t27-,29-,30-/m0/s1. The summed E-state index contributed by atoms with van der Waals surface area (Å²) < 4.78 is 12.8. The van der Waals surface area contributed by atoms with E-state index in [0.717, 1.165) is 31.3 Å². The third kappa shape index (κ3) is 19.7. The molecular weight excluding hydrogens is 613 g/mol. The van der Waals surface area contributed by atoms with E-state index in [2.05, 4.69) is 48.9 Å². The van der Waals surface area contributed by atoms with Crippen molar-refractivity contribution in [3.8, 4) is 0 Å². The van der Waals surface area contributed by atoms with Gasteiger partial charge in [-0.1, -0.05) is 62.6 Å². The summed E-state index contributed by atoms with van der Waals surface area (Å²) in [5.74, 6) is -3.04. The molecule has 0 bridgehead atoms. The maximum absolute atomic E-state index is 13.2. The number of carboxylic acid groups (broad SMARTS) is 1. The summed E-state index contributed by atoms with van der Waals surface area (Å²) in [6.07, 6.45) is 11.5. The van der Waals surface area contributed by atoms with Crippen LogP contribution in [-0.4, -0.2) is 76.1 Å². The van der Waals surface area contributed by atoms with E-state index in [0.29, 0.717) is 5.75 Å². The molecule has 5 N–H and O–H groups in total. The van der Waals surface area contributed by atoms with Crippen LogP contribution in [0.4, 0.5) is 0 Å². The first-order valence-electron chi connectivity index (χ1n) is 15.8. The van der Waals surface area contributed by atoms with E-state index in [4.69, 9.17) is 0 Å². The molecule has 0 fully saturated rings. The lowest BCUT2D eigenvalue weighted by Crippen LogP contribution is -2.58. The zero-order valence-corrected chi connectivity index (χ0v) is 30.5. The molecule has 0 saturated heterocycles. The molecule has 45 heavy (non-hydrogen) atoms. The molecule has 0 aromatic carbocycles. The van der Waals surface area contributed by atoms with Gasteiger partial charge in [0, 0.05) is 18.7 Å². The van der Waals surface area contributed by atoms with Crippen LogP contribution in [0.2, 0.25) is 0 Å². The van der Waals surface area contributed by atoms with Gasteiger partial charge in [-0.15, -0.1) is 0 Å². The van der Waals surface area contributed by atoms with Crippen LogP contribution in [0.3, 0.4) is 0 Å². The fourth-order valence-corrected chi connectivity index (χ4v) is 6.12. The molecule has 0 aromatic heterocycles. The Kier molecular flexibility index (Phi) is 21.0. The Morgan fingerprint density at radius 2 is 1.29 bits per heavy atom. The second kappa shape index (κ2) is 22.2. The number of aliphatic carboxylic acids is 1. The van der Waals surface area contributed by atoms with Gasteiger partial charge in [0.05, 0.1) is 0 Å². The normalized spacial score (nSPS) is 15.6. The van der Waals surface area contributed by atoms with Gasteiger partial charge in [-0.25, -0.2) is 4.79 Å². The van der Waals surface area contributed by atoms with Gasteiger partial charge in [0.2, 0.25) is 25.1 Å². The van der Waals surface area contributed by atoms with Gasteiger partial charge < -0.3 is 26.0 Å². The van der Waals surface area contributed by atoms with Gasteiger partial charge in [0.15, 0.2) is 0 Å². The Morgan fingerprint density at radius 3 is 1.80 bits per heavy atom. The van der Waals surface area contributed by atoms with E-state index in [1.165, 1.54) is 22.9 Å². The lowest BCUT2D eigenvalue weighted by molar-refractivity contribution is -0.142. The van der Waals surface area contributed by atoms with Crippen molar-refractivity contribution >= 4 is 42.8 Å². The number of hydrogen-bond donors (Lipinski definition) is 5. The van der Waals surface area contributed by atoms with Crippen molar-refractivity contribution in [2.45, 2.75) is 112 Å². The predicted molar refractivity (Wildman–Crippen MR) is 186 cm³/mol. The van der Waals surface area contributed by atoms with E-state index >= 15 is 0 Å². The van der Waals surface area contributed by atoms with Crippen LogP contribution in [0.1, 0.15) is 93.9 Å². The van der Waals surface area contributed by atoms with Crippen molar-refractivity contribution in [2.24, 2.45) is 11.8 Å². The van der Waals surface area contributed by atoms with Crippen molar-refractivity contribution in [3.63, 3.8) is 0 Å². The van der Waals surface area contributed by atoms with E-state index < -0.39 is 49.2 Å². The van der Waals surface area contributed by atoms with Crippen LogP contribution in [0.25, 0.3) is 0 Å². The lowest BCUT2D eigenvalue weighted by atomic mass is 9.99. The Bertz CT molecular complexity index is 1110. The SMILES string of the molecule is CSCC[C@H](NC(=O)[C@@H](NC(=O)[C@@H](NC(=O)CCP(=O)(O)C/C=C(\C)CC/C=C(\C)CCC=C(C)C)C(C)C)C(C)C)C(=O)O. The maximum atomic E-state index is 13.2. The average molecular weight is 672 g/mol. The van der Waals surface area contributed by atoms with Crippen molar-refractivity contribution in [3.05, 3.63) is 34.9 Å². The number of hydrogen-bond acceptors (Lipinski definition) is 6. The smallest absolute Gasteiger partial charge is 0.326 e. The lowest BCUT2D eigenvalue weighted by Gasteiger charge is -2.28. The molecule has 0 aliphatic heterocycles. The van der Waals surface area contributed by atoms with Crippen LogP contribution < -0.4 is 16.0 Å².